The smallest absolute Gasteiger partial charge is 0.221 e. The summed E-state index contributed by atoms with van der Waals surface area (Å²) in [6, 6.07) is 10.5. The van der Waals surface area contributed by atoms with Crippen LogP contribution in [0, 0.1) is 12.7 Å². The summed E-state index contributed by atoms with van der Waals surface area (Å²) in [6.45, 7) is 5.97. The van der Waals surface area contributed by atoms with Crippen molar-refractivity contribution in [1.29, 1.82) is 0 Å². The van der Waals surface area contributed by atoms with Gasteiger partial charge in [0, 0.05) is 16.2 Å². The monoisotopic (exact) mass is 305 g/mol. The number of nitrogens with one attached hydrogen (secondary N) is 1. The van der Waals surface area contributed by atoms with Gasteiger partial charge in [-0.2, -0.15) is 0 Å². The zero-order valence-corrected chi connectivity index (χ0v) is 13.3. The second kappa shape index (κ2) is 6.85. The van der Waals surface area contributed by atoms with Crippen LogP contribution in [0.15, 0.2) is 36.4 Å². The molecular weight excluding hydrogens is 285 g/mol. The second-order valence-corrected chi connectivity index (χ2v) is 6.72. The highest BCUT2D eigenvalue weighted by molar-refractivity contribution is 7.12. The topological polar surface area (TPSA) is 29.1 Å². The summed E-state index contributed by atoms with van der Waals surface area (Å²) < 4.78 is 13.2. The minimum Gasteiger partial charge on any atom is -0.349 e. The molecule has 0 fully saturated rings. The minimum atomic E-state index is -0.262. The summed E-state index contributed by atoms with van der Waals surface area (Å²) >= 11 is 1.69. The van der Waals surface area contributed by atoms with Crippen LogP contribution in [0.4, 0.5) is 4.39 Å². The summed E-state index contributed by atoms with van der Waals surface area (Å²) in [4.78, 5) is 14.5. The van der Waals surface area contributed by atoms with Gasteiger partial charge in [-0.1, -0.05) is 19.1 Å². The molecule has 4 heteroatoms. The first kappa shape index (κ1) is 15.7. The van der Waals surface area contributed by atoms with E-state index in [9.17, 15) is 9.18 Å². The molecule has 0 saturated carbocycles. The molecule has 1 heterocycles. The maximum atomic E-state index is 13.2. The lowest BCUT2D eigenvalue weighted by atomic mass is 9.97. The van der Waals surface area contributed by atoms with Crippen LogP contribution in [-0.2, 0) is 4.79 Å². The Hall–Kier alpha value is -1.68. The highest BCUT2D eigenvalue weighted by Crippen LogP contribution is 2.24. The van der Waals surface area contributed by atoms with Gasteiger partial charge in [0.25, 0.3) is 0 Å². The van der Waals surface area contributed by atoms with Crippen LogP contribution < -0.4 is 5.32 Å². The molecule has 112 valence electrons. The summed E-state index contributed by atoms with van der Waals surface area (Å²) in [5.41, 5.74) is 0.852. The van der Waals surface area contributed by atoms with Crippen molar-refractivity contribution < 1.29 is 9.18 Å². The Kier molecular flexibility index (Phi) is 5.12. The fraction of sp³-hybridized carbons (Fsp3) is 0.353. The van der Waals surface area contributed by atoms with Crippen LogP contribution >= 0.6 is 11.3 Å². The minimum absolute atomic E-state index is 0.00188. The van der Waals surface area contributed by atoms with Crippen LogP contribution in [0.3, 0.4) is 0 Å². The number of rotatable bonds is 5. The number of benzene rings is 1. The van der Waals surface area contributed by atoms with Crippen LogP contribution in [-0.4, -0.2) is 5.91 Å². The van der Waals surface area contributed by atoms with Gasteiger partial charge in [-0.15, -0.1) is 11.3 Å². The highest BCUT2D eigenvalue weighted by atomic mass is 32.1. The van der Waals surface area contributed by atoms with Crippen molar-refractivity contribution in [2.75, 3.05) is 0 Å². The number of aryl methyl sites for hydroxylation is 1. The standard InChI is InChI=1S/C17H20FNOS/c1-11(14-5-4-6-15(18)10-14)9-17(20)19-13(3)16-8-7-12(2)21-16/h4-8,10-11,13H,9H2,1-3H3,(H,19,20). The SMILES string of the molecule is Cc1ccc(C(C)NC(=O)CC(C)c2cccc(F)c2)s1. The number of carbonyl (C=O) groups is 1. The number of hydrogen-bond donors (Lipinski definition) is 1. The van der Waals surface area contributed by atoms with Crippen molar-refractivity contribution in [1.82, 2.24) is 5.32 Å². The molecule has 0 bridgehead atoms. The van der Waals surface area contributed by atoms with Crippen LogP contribution in [0.5, 0.6) is 0 Å². The van der Waals surface area contributed by atoms with Crippen molar-refractivity contribution >= 4 is 17.2 Å². The Morgan fingerprint density at radius 3 is 2.67 bits per heavy atom. The van der Waals surface area contributed by atoms with Gasteiger partial charge in [0.15, 0.2) is 0 Å². The van der Waals surface area contributed by atoms with Crippen LogP contribution in [0.1, 0.15) is 47.5 Å². The molecule has 1 aromatic heterocycles. The van der Waals surface area contributed by atoms with Crippen molar-refractivity contribution in [2.24, 2.45) is 0 Å². The zero-order chi connectivity index (χ0) is 15.4. The summed E-state index contributed by atoms with van der Waals surface area (Å²) in [5.74, 6) is -0.273. The molecule has 1 aromatic carbocycles. The molecule has 1 N–H and O–H groups in total. The fourth-order valence-electron chi connectivity index (χ4n) is 2.27. The van der Waals surface area contributed by atoms with Crippen molar-refractivity contribution in [2.45, 2.75) is 39.2 Å². The lowest BCUT2D eigenvalue weighted by Crippen LogP contribution is -2.27. The molecule has 0 aliphatic rings. The molecule has 0 saturated heterocycles. The number of thiophene rings is 1. The van der Waals surface area contributed by atoms with E-state index in [1.165, 1.54) is 17.0 Å². The number of halogens is 1. The first-order chi connectivity index (χ1) is 9.95. The van der Waals surface area contributed by atoms with Crippen molar-refractivity contribution in [3.63, 3.8) is 0 Å². The largest absolute Gasteiger partial charge is 0.349 e. The Balaban J connectivity index is 1.92. The molecule has 1 amide bonds. The molecule has 0 aliphatic carbocycles. The number of hydrogen-bond acceptors (Lipinski definition) is 2. The molecule has 0 aliphatic heterocycles. The summed E-state index contributed by atoms with van der Waals surface area (Å²) in [7, 11) is 0. The lowest BCUT2D eigenvalue weighted by Gasteiger charge is -2.15. The molecule has 2 atom stereocenters. The maximum Gasteiger partial charge on any atom is 0.221 e. The molecule has 2 rings (SSSR count). The average molecular weight is 305 g/mol. The predicted octanol–water partition coefficient (Wildman–Crippen LogP) is 4.57. The van der Waals surface area contributed by atoms with Gasteiger partial charge >= 0.3 is 0 Å². The van der Waals surface area contributed by atoms with E-state index in [0.29, 0.717) is 6.42 Å². The lowest BCUT2D eigenvalue weighted by molar-refractivity contribution is -0.122. The normalized spacial score (nSPS) is 13.7. The third kappa shape index (κ3) is 4.39. The second-order valence-electron chi connectivity index (χ2n) is 5.40. The van der Waals surface area contributed by atoms with Gasteiger partial charge in [0.1, 0.15) is 5.82 Å². The van der Waals surface area contributed by atoms with E-state index in [1.807, 2.05) is 26.0 Å². The van der Waals surface area contributed by atoms with Gasteiger partial charge in [-0.05, 0) is 49.6 Å². The first-order valence-electron chi connectivity index (χ1n) is 7.07. The van der Waals surface area contributed by atoms with E-state index in [-0.39, 0.29) is 23.7 Å². The van der Waals surface area contributed by atoms with E-state index in [2.05, 4.69) is 18.3 Å². The number of amides is 1. The van der Waals surface area contributed by atoms with E-state index in [0.717, 1.165) is 10.4 Å². The van der Waals surface area contributed by atoms with Gasteiger partial charge in [-0.25, -0.2) is 4.39 Å². The molecular formula is C17H20FNOS. The van der Waals surface area contributed by atoms with Crippen molar-refractivity contribution in [3.05, 3.63) is 57.5 Å². The average Bonchev–Trinajstić information content (AvgIpc) is 2.85. The Bertz CT molecular complexity index is 623. The summed E-state index contributed by atoms with van der Waals surface area (Å²) in [5, 5.41) is 3.00. The van der Waals surface area contributed by atoms with Gasteiger partial charge in [0.2, 0.25) is 5.91 Å². The molecule has 2 unspecified atom stereocenters. The fourth-order valence-corrected chi connectivity index (χ4v) is 3.15. The van der Waals surface area contributed by atoms with Gasteiger partial charge in [-0.3, -0.25) is 4.79 Å². The van der Waals surface area contributed by atoms with Gasteiger partial charge < -0.3 is 5.32 Å². The predicted molar refractivity (Wildman–Crippen MR) is 85.0 cm³/mol. The zero-order valence-electron chi connectivity index (χ0n) is 12.5. The number of carbonyl (C=O) groups excluding carboxylic acids is 1. The molecule has 2 nitrogen and oxygen atoms in total. The third-order valence-electron chi connectivity index (χ3n) is 3.47. The molecule has 21 heavy (non-hydrogen) atoms. The quantitative estimate of drug-likeness (QED) is 0.861. The third-order valence-corrected chi connectivity index (χ3v) is 4.66. The molecule has 0 radical (unpaired) electrons. The Morgan fingerprint density at radius 1 is 1.29 bits per heavy atom. The van der Waals surface area contributed by atoms with Crippen LogP contribution in [0.25, 0.3) is 0 Å². The highest BCUT2D eigenvalue weighted by Gasteiger charge is 2.15. The maximum absolute atomic E-state index is 13.2. The summed E-state index contributed by atoms with van der Waals surface area (Å²) in [6.07, 6.45) is 0.359. The van der Waals surface area contributed by atoms with E-state index >= 15 is 0 Å². The van der Waals surface area contributed by atoms with Gasteiger partial charge in [0.05, 0.1) is 6.04 Å². The Morgan fingerprint density at radius 2 is 2.05 bits per heavy atom. The van der Waals surface area contributed by atoms with Crippen LogP contribution in [0.2, 0.25) is 0 Å². The first-order valence-corrected chi connectivity index (χ1v) is 7.88. The molecule has 2 aromatic rings. The Labute approximate surface area is 129 Å². The molecule has 0 spiro atoms. The van der Waals surface area contributed by atoms with Crippen molar-refractivity contribution in [3.8, 4) is 0 Å². The van der Waals surface area contributed by atoms with E-state index < -0.39 is 0 Å². The van der Waals surface area contributed by atoms with E-state index in [4.69, 9.17) is 0 Å². The van der Waals surface area contributed by atoms with E-state index in [1.54, 1.807) is 17.4 Å².